The van der Waals surface area contributed by atoms with E-state index in [1.165, 1.54) is 0 Å². The molecule has 0 aliphatic carbocycles. The van der Waals surface area contributed by atoms with Gasteiger partial charge in [0, 0.05) is 31.2 Å². The standard InChI is InChI=1S/C25H25N2O/c1-14(2)18-12-16(4)27(7)22(13-18)23-15(3)8-9-20-19-10-11-21(26-6)17(5)24(19)28-25(20)23/h8-14H,1-5,7H3/q+1/i12D,13D,14D. The summed E-state index contributed by atoms with van der Waals surface area (Å²) in [5.41, 5.74) is 6.17. The van der Waals surface area contributed by atoms with Crippen molar-refractivity contribution in [2.75, 3.05) is 0 Å². The number of pyridine rings is 1. The SMILES string of the molecule is [2H]c1c(C([2H])(C)C)c([2H])c(-c2c(C)ccc3c2oc2c(C)c([N+]#[C-])ccc23)[n+](C)c1C. The fourth-order valence-electron chi connectivity index (χ4n) is 3.69. The van der Waals surface area contributed by atoms with Gasteiger partial charge in [-0.15, -0.1) is 0 Å². The molecular formula is C25H25N2O+. The average Bonchev–Trinajstić information content (AvgIpc) is 3.07. The summed E-state index contributed by atoms with van der Waals surface area (Å²) in [6.45, 7) is 16.6. The third-order valence-electron chi connectivity index (χ3n) is 5.48. The fourth-order valence-corrected chi connectivity index (χ4v) is 3.69. The summed E-state index contributed by atoms with van der Waals surface area (Å²) < 4.78 is 34.3. The third-order valence-corrected chi connectivity index (χ3v) is 5.48. The zero-order chi connectivity index (χ0) is 22.8. The molecule has 0 fully saturated rings. The number of aromatic nitrogens is 1. The van der Waals surface area contributed by atoms with Gasteiger partial charge in [-0.05, 0) is 36.4 Å². The van der Waals surface area contributed by atoms with Crippen molar-refractivity contribution in [2.45, 2.75) is 40.5 Å². The molecule has 28 heavy (non-hydrogen) atoms. The molecule has 0 amide bonds. The van der Waals surface area contributed by atoms with Gasteiger partial charge < -0.3 is 4.42 Å². The van der Waals surface area contributed by atoms with Gasteiger partial charge in [0.1, 0.15) is 18.2 Å². The number of hydrogen-bond donors (Lipinski definition) is 0. The minimum atomic E-state index is -1.08. The highest BCUT2D eigenvalue weighted by Gasteiger charge is 2.23. The Bertz CT molecular complexity index is 1440. The number of benzene rings is 2. The third kappa shape index (κ3) is 2.60. The normalized spacial score (nSPS) is 13.4. The Morgan fingerprint density at radius 2 is 1.75 bits per heavy atom. The lowest BCUT2D eigenvalue weighted by Crippen LogP contribution is -2.35. The van der Waals surface area contributed by atoms with Crippen molar-refractivity contribution in [2.24, 2.45) is 7.05 Å². The van der Waals surface area contributed by atoms with Crippen molar-refractivity contribution >= 4 is 27.6 Å². The van der Waals surface area contributed by atoms with Crippen LogP contribution in [0.1, 0.15) is 46.2 Å². The van der Waals surface area contributed by atoms with Crippen molar-refractivity contribution in [3.05, 3.63) is 70.2 Å². The molecule has 0 unspecified atom stereocenters. The van der Waals surface area contributed by atoms with Crippen molar-refractivity contribution < 1.29 is 13.1 Å². The molecule has 2 heterocycles. The second-order valence-electron chi connectivity index (χ2n) is 7.55. The maximum absolute atomic E-state index is 8.99. The summed E-state index contributed by atoms with van der Waals surface area (Å²) in [4.78, 5) is 3.59. The minimum Gasteiger partial charge on any atom is -0.456 e. The van der Waals surface area contributed by atoms with Gasteiger partial charge in [0.25, 0.3) is 0 Å². The van der Waals surface area contributed by atoms with Gasteiger partial charge in [-0.25, -0.2) is 4.85 Å². The second kappa shape index (κ2) is 6.49. The van der Waals surface area contributed by atoms with Crippen molar-refractivity contribution in [3.8, 4) is 11.3 Å². The highest BCUT2D eigenvalue weighted by molar-refractivity contribution is 6.11. The fraction of sp³-hybridized carbons (Fsp3) is 0.280. The van der Waals surface area contributed by atoms with E-state index in [-0.39, 0.29) is 12.1 Å². The highest BCUT2D eigenvalue weighted by atomic mass is 16.3. The van der Waals surface area contributed by atoms with Crippen LogP contribution in [0.15, 0.2) is 40.8 Å². The van der Waals surface area contributed by atoms with Crippen molar-refractivity contribution in [1.82, 2.24) is 0 Å². The van der Waals surface area contributed by atoms with Crippen molar-refractivity contribution in [1.29, 1.82) is 0 Å². The molecular weight excluding hydrogens is 344 g/mol. The zero-order valence-corrected chi connectivity index (χ0v) is 17.1. The Labute approximate surface area is 170 Å². The summed E-state index contributed by atoms with van der Waals surface area (Å²) in [7, 11) is 1.85. The summed E-state index contributed by atoms with van der Waals surface area (Å²) in [6.07, 6.45) is 0. The molecule has 2 aromatic carbocycles. The van der Waals surface area contributed by atoms with E-state index in [2.05, 4.69) is 4.85 Å². The molecule has 3 heteroatoms. The molecule has 0 saturated carbocycles. The van der Waals surface area contributed by atoms with Crippen LogP contribution in [0, 0.1) is 27.3 Å². The maximum Gasteiger partial charge on any atom is 0.216 e. The van der Waals surface area contributed by atoms with Crippen LogP contribution in [0.3, 0.4) is 0 Å². The predicted molar refractivity (Wildman–Crippen MR) is 115 cm³/mol. The molecule has 0 saturated heterocycles. The molecule has 2 aromatic heterocycles. The molecule has 0 radical (unpaired) electrons. The van der Waals surface area contributed by atoms with E-state index in [0.717, 1.165) is 27.5 Å². The Kier molecular flexibility index (Phi) is 3.45. The Hall–Kier alpha value is -3.12. The van der Waals surface area contributed by atoms with E-state index in [0.29, 0.717) is 33.8 Å². The summed E-state index contributed by atoms with van der Waals surface area (Å²) >= 11 is 0. The molecule has 0 N–H and O–H groups in total. The highest BCUT2D eigenvalue weighted by Crippen LogP contribution is 2.40. The van der Waals surface area contributed by atoms with Crippen molar-refractivity contribution in [3.63, 3.8) is 0 Å². The summed E-state index contributed by atoms with van der Waals surface area (Å²) in [6, 6.07) is 8.16. The first kappa shape index (κ1) is 14.9. The molecule has 0 atom stereocenters. The van der Waals surface area contributed by atoms with E-state index in [4.69, 9.17) is 15.1 Å². The van der Waals surface area contributed by atoms with E-state index < -0.39 is 5.89 Å². The van der Waals surface area contributed by atoms with Crippen LogP contribution in [0.4, 0.5) is 5.69 Å². The lowest BCUT2D eigenvalue weighted by atomic mass is 9.96. The van der Waals surface area contributed by atoms with Gasteiger partial charge in [-0.2, -0.15) is 4.57 Å². The number of aryl methyl sites for hydroxylation is 2. The van der Waals surface area contributed by atoms with Gasteiger partial charge in [0.15, 0.2) is 11.4 Å². The number of rotatable bonds is 2. The minimum absolute atomic E-state index is 0.174. The first-order valence-electron chi connectivity index (χ1n) is 10.8. The van der Waals surface area contributed by atoms with Gasteiger partial charge in [0.2, 0.25) is 5.69 Å². The zero-order valence-electron chi connectivity index (χ0n) is 20.1. The predicted octanol–water partition coefficient (Wildman–Crippen LogP) is 6.68. The van der Waals surface area contributed by atoms with Gasteiger partial charge in [-0.3, -0.25) is 0 Å². The Morgan fingerprint density at radius 3 is 2.43 bits per heavy atom. The molecule has 4 aromatic rings. The van der Waals surface area contributed by atoms with Crippen LogP contribution in [0.5, 0.6) is 0 Å². The topological polar surface area (TPSA) is 21.4 Å². The van der Waals surface area contributed by atoms with Crippen LogP contribution in [-0.2, 0) is 7.05 Å². The van der Waals surface area contributed by atoms with E-state index in [1.54, 1.807) is 13.8 Å². The number of furan rings is 1. The molecule has 4 rings (SSSR count). The van der Waals surface area contributed by atoms with Crippen LogP contribution in [-0.4, -0.2) is 0 Å². The van der Waals surface area contributed by atoms with Crippen LogP contribution in [0.2, 0.25) is 0 Å². The Morgan fingerprint density at radius 1 is 1.07 bits per heavy atom. The molecule has 0 aliphatic rings. The number of fused-ring (bicyclic) bond motifs is 3. The summed E-state index contributed by atoms with van der Waals surface area (Å²) in [5.74, 6) is -1.08. The molecule has 140 valence electrons. The Balaban J connectivity index is 2.21. The number of nitrogens with zero attached hydrogens (tertiary/aromatic N) is 2. The average molecular weight is 373 g/mol. The first-order valence-corrected chi connectivity index (χ1v) is 9.32. The molecule has 3 nitrogen and oxygen atoms in total. The smallest absolute Gasteiger partial charge is 0.216 e. The summed E-state index contributed by atoms with van der Waals surface area (Å²) in [5, 5.41) is 1.86. The lowest BCUT2D eigenvalue weighted by molar-refractivity contribution is -0.666. The lowest BCUT2D eigenvalue weighted by Gasteiger charge is -2.11. The largest absolute Gasteiger partial charge is 0.456 e. The van der Waals surface area contributed by atoms with Crippen LogP contribution >= 0.6 is 0 Å². The molecule has 0 spiro atoms. The quantitative estimate of drug-likeness (QED) is 0.284. The molecule has 0 aliphatic heterocycles. The van der Waals surface area contributed by atoms with E-state index >= 15 is 0 Å². The van der Waals surface area contributed by atoms with E-state index in [9.17, 15) is 0 Å². The molecule has 0 bridgehead atoms. The van der Waals surface area contributed by atoms with Gasteiger partial charge in [-0.1, -0.05) is 38.1 Å². The van der Waals surface area contributed by atoms with Crippen LogP contribution in [0.25, 0.3) is 38.0 Å². The monoisotopic (exact) mass is 372 g/mol. The van der Waals surface area contributed by atoms with Crippen LogP contribution < -0.4 is 4.57 Å². The number of hydrogen-bond acceptors (Lipinski definition) is 1. The van der Waals surface area contributed by atoms with Gasteiger partial charge >= 0.3 is 0 Å². The van der Waals surface area contributed by atoms with E-state index in [1.807, 2.05) is 56.7 Å². The second-order valence-corrected chi connectivity index (χ2v) is 7.55. The first-order chi connectivity index (χ1) is 14.5. The maximum atomic E-state index is 8.99. The van der Waals surface area contributed by atoms with Gasteiger partial charge in [0.05, 0.1) is 14.9 Å².